The van der Waals surface area contributed by atoms with Crippen molar-refractivity contribution < 1.29 is 0 Å². The van der Waals surface area contributed by atoms with Gasteiger partial charge in [-0.1, -0.05) is 0 Å². The first-order valence-electron chi connectivity index (χ1n) is 4.46. The van der Waals surface area contributed by atoms with E-state index in [-0.39, 0.29) is 0 Å². The molecule has 3 unspecified atom stereocenters. The normalized spacial score (nSPS) is 42.8. The first-order chi connectivity index (χ1) is 5.04. The van der Waals surface area contributed by atoms with Gasteiger partial charge in [0, 0.05) is 24.7 Å². The van der Waals surface area contributed by atoms with E-state index in [1.54, 1.807) is 0 Å². The lowest BCUT2D eigenvalue weighted by molar-refractivity contribution is 0.0315. The molecular formula is C9H20N2. The fraction of sp³-hybridized carbons (Fsp3) is 1.00. The van der Waals surface area contributed by atoms with Crippen molar-refractivity contribution in [3.63, 3.8) is 0 Å². The maximum Gasteiger partial charge on any atom is 0.0220 e. The van der Waals surface area contributed by atoms with Crippen molar-refractivity contribution in [2.75, 3.05) is 20.6 Å². The largest absolute Gasteiger partial charge is 0.301 e. The number of nitrogens with zero attached hydrogens (tertiary/aromatic N) is 2. The van der Waals surface area contributed by atoms with Crippen molar-refractivity contribution in [2.24, 2.45) is 0 Å². The molecule has 3 atom stereocenters. The van der Waals surface area contributed by atoms with Crippen LogP contribution >= 0.6 is 0 Å². The van der Waals surface area contributed by atoms with E-state index in [2.05, 4.69) is 44.7 Å². The molecule has 0 saturated carbocycles. The number of piperazine rings is 1. The van der Waals surface area contributed by atoms with Crippen LogP contribution in [0.15, 0.2) is 0 Å². The first kappa shape index (κ1) is 9.01. The SMILES string of the molecule is CC1C(C)N(C)C(C)CN1C. The summed E-state index contributed by atoms with van der Waals surface area (Å²) < 4.78 is 0. The summed E-state index contributed by atoms with van der Waals surface area (Å²) in [6.07, 6.45) is 0. The molecule has 1 aliphatic heterocycles. The molecule has 0 amide bonds. The predicted molar refractivity (Wildman–Crippen MR) is 48.8 cm³/mol. The molecule has 0 aliphatic carbocycles. The van der Waals surface area contributed by atoms with Crippen molar-refractivity contribution in [2.45, 2.75) is 38.9 Å². The molecule has 1 fully saturated rings. The van der Waals surface area contributed by atoms with Crippen molar-refractivity contribution in [1.29, 1.82) is 0 Å². The summed E-state index contributed by atoms with van der Waals surface area (Å²) in [6, 6.07) is 2.08. The van der Waals surface area contributed by atoms with Crippen molar-refractivity contribution in [3.05, 3.63) is 0 Å². The van der Waals surface area contributed by atoms with Gasteiger partial charge in [0.2, 0.25) is 0 Å². The third kappa shape index (κ3) is 1.57. The van der Waals surface area contributed by atoms with E-state index in [1.165, 1.54) is 6.54 Å². The van der Waals surface area contributed by atoms with Crippen molar-refractivity contribution >= 4 is 0 Å². The minimum absolute atomic E-state index is 0.684. The molecule has 0 aromatic carbocycles. The Hall–Kier alpha value is -0.0800. The fourth-order valence-electron chi connectivity index (χ4n) is 1.82. The number of hydrogen-bond acceptors (Lipinski definition) is 2. The predicted octanol–water partition coefficient (Wildman–Crippen LogP) is 1.03. The summed E-state index contributed by atoms with van der Waals surface area (Å²) in [5.74, 6) is 0. The Balaban J connectivity index is 2.63. The van der Waals surface area contributed by atoms with Gasteiger partial charge in [-0.05, 0) is 34.9 Å². The Morgan fingerprint density at radius 2 is 1.55 bits per heavy atom. The van der Waals surface area contributed by atoms with Gasteiger partial charge >= 0.3 is 0 Å². The standard InChI is InChI=1S/C9H20N2/c1-7-6-10(4)8(2)9(3)11(7)5/h7-9H,6H2,1-5H3. The summed E-state index contributed by atoms with van der Waals surface area (Å²) in [7, 11) is 4.43. The molecule has 0 aromatic heterocycles. The molecule has 11 heavy (non-hydrogen) atoms. The summed E-state index contributed by atoms with van der Waals surface area (Å²) in [5, 5.41) is 0. The Labute approximate surface area is 70.2 Å². The quantitative estimate of drug-likeness (QED) is 0.517. The second-order valence-corrected chi connectivity index (χ2v) is 3.94. The van der Waals surface area contributed by atoms with Crippen LogP contribution in [0.5, 0.6) is 0 Å². The number of hydrogen-bond donors (Lipinski definition) is 0. The highest BCUT2D eigenvalue weighted by molar-refractivity contribution is 4.87. The zero-order valence-electron chi connectivity index (χ0n) is 8.33. The molecule has 1 heterocycles. The van der Waals surface area contributed by atoms with Gasteiger partial charge in [0.05, 0.1) is 0 Å². The maximum atomic E-state index is 2.46. The molecule has 1 aliphatic rings. The molecule has 66 valence electrons. The Morgan fingerprint density at radius 1 is 1.00 bits per heavy atom. The summed E-state index contributed by atoms with van der Waals surface area (Å²) in [4.78, 5) is 4.90. The topological polar surface area (TPSA) is 6.48 Å². The summed E-state index contributed by atoms with van der Waals surface area (Å²) in [6.45, 7) is 8.09. The highest BCUT2D eigenvalue weighted by Gasteiger charge is 2.30. The third-order valence-corrected chi connectivity index (χ3v) is 3.28. The Morgan fingerprint density at radius 3 is 2.09 bits per heavy atom. The minimum atomic E-state index is 0.684. The van der Waals surface area contributed by atoms with Crippen LogP contribution in [0.3, 0.4) is 0 Å². The lowest BCUT2D eigenvalue weighted by Crippen LogP contribution is -2.58. The highest BCUT2D eigenvalue weighted by Crippen LogP contribution is 2.17. The average molecular weight is 156 g/mol. The van der Waals surface area contributed by atoms with E-state index >= 15 is 0 Å². The fourth-order valence-corrected chi connectivity index (χ4v) is 1.82. The molecule has 1 rings (SSSR count). The third-order valence-electron chi connectivity index (χ3n) is 3.28. The van der Waals surface area contributed by atoms with Crippen LogP contribution in [-0.2, 0) is 0 Å². The monoisotopic (exact) mass is 156 g/mol. The minimum Gasteiger partial charge on any atom is -0.301 e. The van der Waals surface area contributed by atoms with Crippen LogP contribution in [0.4, 0.5) is 0 Å². The van der Waals surface area contributed by atoms with Crippen LogP contribution in [0.25, 0.3) is 0 Å². The van der Waals surface area contributed by atoms with E-state index in [9.17, 15) is 0 Å². The lowest BCUT2D eigenvalue weighted by Gasteiger charge is -2.45. The molecule has 0 bridgehead atoms. The molecule has 2 nitrogen and oxygen atoms in total. The maximum absolute atomic E-state index is 2.46. The second kappa shape index (κ2) is 3.11. The second-order valence-electron chi connectivity index (χ2n) is 3.94. The van der Waals surface area contributed by atoms with E-state index in [1.807, 2.05) is 0 Å². The summed E-state index contributed by atoms with van der Waals surface area (Å²) >= 11 is 0. The van der Waals surface area contributed by atoms with Crippen LogP contribution in [0, 0.1) is 0 Å². The lowest BCUT2D eigenvalue weighted by atomic mass is 10.0. The molecule has 0 N–H and O–H groups in total. The van der Waals surface area contributed by atoms with Gasteiger partial charge in [-0.3, -0.25) is 4.90 Å². The van der Waals surface area contributed by atoms with Crippen LogP contribution in [0.1, 0.15) is 20.8 Å². The smallest absolute Gasteiger partial charge is 0.0220 e. The van der Waals surface area contributed by atoms with Gasteiger partial charge in [-0.25, -0.2) is 0 Å². The van der Waals surface area contributed by atoms with Gasteiger partial charge in [-0.2, -0.15) is 0 Å². The van der Waals surface area contributed by atoms with Gasteiger partial charge < -0.3 is 4.90 Å². The van der Waals surface area contributed by atoms with E-state index in [0.29, 0.717) is 18.1 Å². The van der Waals surface area contributed by atoms with E-state index < -0.39 is 0 Å². The Kier molecular flexibility index (Phi) is 2.55. The zero-order chi connectivity index (χ0) is 8.59. The zero-order valence-corrected chi connectivity index (χ0v) is 8.33. The van der Waals surface area contributed by atoms with Gasteiger partial charge in [-0.15, -0.1) is 0 Å². The van der Waals surface area contributed by atoms with Crippen molar-refractivity contribution in [1.82, 2.24) is 9.80 Å². The van der Waals surface area contributed by atoms with E-state index in [4.69, 9.17) is 0 Å². The van der Waals surface area contributed by atoms with Crippen LogP contribution < -0.4 is 0 Å². The molecule has 1 saturated heterocycles. The molecule has 2 heteroatoms. The average Bonchev–Trinajstić information content (AvgIpc) is 1.97. The molecule has 0 radical (unpaired) electrons. The number of likely N-dealkylation sites (N-methyl/N-ethyl adjacent to an activating group) is 2. The van der Waals surface area contributed by atoms with Crippen LogP contribution in [-0.4, -0.2) is 48.6 Å². The van der Waals surface area contributed by atoms with Gasteiger partial charge in [0.15, 0.2) is 0 Å². The highest BCUT2D eigenvalue weighted by atomic mass is 15.3. The molecule has 0 spiro atoms. The van der Waals surface area contributed by atoms with Gasteiger partial charge in [0.1, 0.15) is 0 Å². The summed E-state index contributed by atoms with van der Waals surface area (Å²) in [5.41, 5.74) is 0. The van der Waals surface area contributed by atoms with Crippen molar-refractivity contribution in [3.8, 4) is 0 Å². The number of rotatable bonds is 0. The molecular weight excluding hydrogens is 136 g/mol. The first-order valence-corrected chi connectivity index (χ1v) is 4.46. The van der Waals surface area contributed by atoms with E-state index in [0.717, 1.165) is 0 Å². The van der Waals surface area contributed by atoms with Crippen LogP contribution in [0.2, 0.25) is 0 Å². The van der Waals surface area contributed by atoms with Gasteiger partial charge in [0.25, 0.3) is 0 Å². The Bertz CT molecular complexity index is 122. The molecule has 0 aromatic rings.